The first-order chi connectivity index (χ1) is 11.8. The lowest BCUT2D eigenvalue weighted by Gasteiger charge is -2.12. The van der Waals surface area contributed by atoms with Gasteiger partial charge in [0.15, 0.2) is 0 Å². The Hall–Kier alpha value is -2.82. The van der Waals surface area contributed by atoms with Crippen molar-refractivity contribution in [3.05, 3.63) is 54.1 Å². The van der Waals surface area contributed by atoms with Crippen molar-refractivity contribution < 1.29 is 4.74 Å². The Labute approximate surface area is 142 Å². The highest BCUT2D eigenvalue weighted by Gasteiger charge is 2.07. The summed E-state index contributed by atoms with van der Waals surface area (Å²) >= 11 is 0. The number of para-hydroxylation sites is 2. The van der Waals surface area contributed by atoms with Crippen molar-refractivity contribution in [1.82, 2.24) is 9.97 Å². The summed E-state index contributed by atoms with van der Waals surface area (Å²) in [6.07, 6.45) is 0.844. The van der Waals surface area contributed by atoms with Crippen LogP contribution in [0.2, 0.25) is 0 Å². The number of benzene rings is 2. The van der Waals surface area contributed by atoms with Crippen LogP contribution in [-0.4, -0.2) is 30.2 Å². The molecule has 5 nitrogen and oxygen atoms in total. The van der Waals surface area contributed by atoms with Crippen molar-refractivity contribution in [3.8, 4) is 5.75 Å². The van der Waals surface area contributed by atoms with Crippen LogP contribution < -0.4 is 15.4 Å². The van der Waals surface area contributed by atoms with Crippen LogP contribution in [0.3, 0.4) is 0 Å². The lowest BCUT2D eigenvalue weighted by molar-refractivity contribution is 0.410. The quantitative estimate of drug-likeness (QED) is 0.694. The molecule has 3 aromatic rings. The SMILES string of the molecule is CCNc1nc(NCCc2ccccc2OC)nc2ccccc12. The number of nitrogens with zero attached hydrogens (tertiary/aromatic N) is 2. The number of hydrogen-bond donors (Lipinski definition) is 2. The van der Waals surface area contributed by atoms with E-state index in [1.165, 1.54) is 5.56 Å². The Morgan fingerprint density at radius 2 is 1.75 bits per heavy atom. The zero-order valence-electron chi connectivity index (χ0n) is 14.0. The maximum absolute atomic E-state index is 5.39. The van der Waals surface area contributed by atoms with Crippen LogP contribution in [0.25, 0.3) is 10.9 Å². The molecule has 3 rings (SSSR count). The third-order valence-corrected chi connectivity index (χ3v) is 3.82. The van der Waals surface area contributed by atoms with Gasteiger partial charge in [-0.05, 0) is 37.1 Å². The highest BCUT2D eigenvalue weighted by molar-refractivity contribution is 5.89. The smallest absolute Gasteiger partial charge is 0.225 e. The van der Waals surface area contributed by atoms with Gasteiger partial charge in [-0.25, -0.2) is 4.98 Å². The molecule has 124 valence electrons. The average molecular weight is 322 g/mol. The summed E-state index contributed by atoms with van der Waals surface area (Å²) < 4.78 is 5.39. The van der Waals surface area contributed by atoms with Crippen molar-refractivity contribution in [2.45, 2.75) is 13.3 Å². The van der Waals surface area contributed by atoms with E-state index in [1.54, 1.807) is 7.11 Å². The first-order valence-electron chi connectivity index (χ1n) is 8.18. The van der Waals surface area contributed by atoms with Gasteiger partial charge < -0.3 is 15.4 Å². The molecule has 0 saturated heterocycles. The number of ether oxygens (including phenoxy) is 1. The van der Waals surface area contributed by atoms with Gasteiger partial charge in [0.1, 0.15) is 11.6 Å². The Morgan fingerprint density at radius 1 is 0.958 bits per heavy atom. The number of aromatic nitrogens is 2. The van der Waals surface area contributed by atoms with Crippen molar-refractivity contribution in [2.24, 2.45) is 0 Å². The van der Waals surface area contributed by atoms with E-state index in [1.807, 2.05) is 42.5 Å². The maximum Gasteiger partial charge on any atom is 0.225 e. The molecule has 5 heteroatoms. The Morgan fingerprint density at radius 3 is 2.58 bits per heavy atom. The van der Waals surface area contributed by atoms with E-state index in [4.69, 9.17) is 4.74 Å². The second-order valence-electron chi connectivity index (χ2n) is 5.43. The predicted octanol–water partition coefficient (Wildman–Crippen LogP) is 3.72. The Bertz CT molecular complexity index is 819. The number of fused-ring (bicyclic) bond motifs is 1. The number of anilines is 2. The molecule has 0 atom stereocenters. The largest absolute Gasteiger partial charge is 0.496 e. The van der Waals surface area contributed by atoms with Crippen LogP contribution in [0.15, 0.2) is 48.5 Å². The van der Waals surface area contributed by atoms with Gasteiger partial charge in [0.25, 0.3) is 0 Å². The number of nitrogens with one attached hydrogen (secondary N) is 2. The lowest BCUT2D eigenvalue weighted by atomic mass is 10.1. The zero-order chi connectivity index (χ0) is 16.8. The van der Waals surface area contributed by atoms with Gasteiger partial charge in [-0.3, -0.25) is 0 Å². The molecular formula is C19H22N4O. The van der Waals surface area contributed by atoms with Crippen molar-refractivity contribution >= 4 is 22.7 Å². The summed E-state index contributed by atoms with van der Waals surface area (Å²) in [5.41, 5.74) is 2.10. The molecule has 1 aromatic heterocycles. The molecule has 1 heterocycles. The van der Waals surface area contributed by atoms with Gasteiger partial charge in [0.05, 0.1) is 12.6 Å². The minimum Gasteiger partial charge on any atom is -0.496 e. The third-order valence-electron chi connectivity index (χ3n) is 3.82. The number of methoxy groups -OCH3 is 1. The topological polar surface area (TPSA) is 59.1 Å². The first kappa shape index (κ1) is 16.1. The molecule has 24 heavy (non-hydrogen) atoms. The van der Waals surface area contributed by atoms with Gasteiger partial charge in [-0.1, -0.05) is 30.3 Å². The summed E-state index contributed by atoms with van der Waals surface area (Å²) in [6.45, 7) is 3.62. The van der Waals surface area contributed by atoms with Crippen LogP contribution in [-0.2, 0) is 6.42 Å². The van der Waals surface area contributed by atoms with Gasteiger partial charge in [-0.15, -0.1) is 0 Å². The van der Waals surface area contributed by atoms with Gasteiger partial charge in [-0.2, -0.15) is 4.98 Å². The van der Waals surface area contributed by atoms with E-state index < -0.39 is 0 Å². The molecule has 0 aliphatic heterocycles. The van der Waals surface area contributed by atoms with Crippen LogP contribution in [0, 0.1) is 0 Å². The first-order valence-corrected chi connectivity index (χ1v) is 8.18. The molecule has 0 amide bonds. The van der Waals surface area contributed by atoms with E-state index in [9.17, 15) is 0 Å². The Kier molecular flexibility index (Phi) is 5.11. The Balaban J connectivity index is 1.75. The fourth-order valence-electron chi connectivity index (χ4n) is 2.68. The second kappa shape index (κ2) is 7.64. The minimum atomic E-state index is 0.638. The molecule has 0 bridgehead atoms. The van der Waals surface area contributed by atoms with Crippen molar-refractivity contribution in [2.75, 3.05) is 30.8 Å². The maximum atomic E-state index is 5.39. The molecule has 0 radical (unpaired) electrons. The predicted molar refractivity (Wildman–Crippen MR) is 98.9 cm³/mol. The molecule has 0 aliphatic carbocycles. The highest BCUT2D eigenvalue weighted by Crippen LogP contribution is 2.22. The summed E-state index contributed by atoms with van der Waals surface area (Å²) in [6, 6.07) is 16.1. The molecular weight excluding hydrogens is 300 g/mol. The van der Waals surface area contributed by atoms with Crippen molar-refractivity contribution in [3.63, 3.8) is 0 Å². The van der Waals surface area contributed by atoms with E-state index in [0.717, 1.165) is 42.0 Å². The second-order valence-corrected chi connectivity index (χ2v) is 5.43. The summed E-state index contributed by atoms with van der Waals surface area (Å²) in [5.74, 6) is 2.41. The molecule has 2 N–H and O–H groups in total. The molecule has 0 spiro atoms. The summed E-state index contributed by atoms with van der Waals surface area (Å²) in [7, 11) is 1.70. The lowest BCUT2D eigenvalue weighted by Crippen LogP contribution is -2.10. The summed E-state index contributed by atoms with van der Waals surface area (Å²) in [5, 5.41) is 7.66. The molecule has 0 fully saturated rings. The van der Waals surface area contributed by atoms with E-state index in [2.05, 4.69) is 33.6 Å². The molecule has 0 aliphatic rings. The normalized spacial score (nSPS) is 10.6. The van der Waals surface area contributed by atoms with Crippen LogP contribution in [0.1, 0.15) is 12.5 Å². The van der Waals surface area contributed by atoms with E-state index in [0.29, 0.717) is 5.95 Å². The zero-order valence-corrected chi connectivity index (χ0v) is 14.0. The van der Waals surface area contributed by atoms with E-state index >= 15 is 0 Å². The van der Waals surface area contributed by atoms with Crippen molar-refractivity contribution in [1.29, 1.82) is 0 Å². The van der Waals surface area contributed by atoms with Gasteiger partial charge in [0.2, 0.25) is 5.95 Å². The summed E-state index contributed by atoms with van der Waals surface area (Å²) in [4.78, 5) is 9.20. The van der Waals surface area contributed by atoms with Gasteiger partial charge in [0, 0.05) is 18.5 Å². The standard InChI is InChI=1S/C19H22N4O/c1-3-20-18-15-9-5-6-10-16(15)22-19(23-18)21-13-12-14-8-4-7-11-17(14)24-2/h4-11H,3,12-13H2,1-2H3,(H2,20,21,22,23). The molecule has 0 unspecified atom stereocenters. The average Bonchev–Trinajstić information content (AvgIpc) is 2.62. The van der Waals surface area contributed by atoms with Crippen LogP contribution in [0.5, 0.6) is 5.75 Å². The monoisotopic (exact) mass is 322 g/mol. The minimum absolute atomic E-state index is 0.638. The highest BCUT2D eigenvalue weighted by atomic mass is 16.5. The fraction of sp³-hybridized carbons (Fsp3) is 0.263. The third kappa shape index (κ3) is 3.56. The van der Waals surface area contributed by atoms with Crippen LogP contribution >= 0.6 is 0 Å². The van der Waals surface area contributed by atoms with E-state index in [-0.39, 0.29) is 0 Å². The fourth-order valence-corrected chi connectivity index (χ4v) is 2.68. The number of rotatable bonds is 7. The molecule has 2 aromatic carbocycles. The molecule has 0 saturated carbocycles. The number of hydrogen-bond acceptors (Lipinski definition) is 5. The van der Waals surface area contributed by atoms with Gasteiger partial charge >= 0.3 is 0 Å². The van der Waals surface area contributed by atoms with Crippen LogP contribution in [0.4, 0.5) is 11.8 Å².